The van der Waals surface area contributed by atoms with Crippen molar-refractivity contribution in [1.82, 2.24) is 4.98 Å². The first kappa shape index (κ1) is 10.4. The molecule has 0 aromatic carbocycles. The number of pyridine rings is 1. The molecule has 3 N–H and O–H groups in total. The summed E-state index contributed by atoms with van der Waals surface area (Å²) >= 11 is 5.53. The highest BCUT2D eigenvalue weighted by Crippen LogP contribution is 2.17. The monoisotopic (exact) mass is 211 g/mol. The summed E-state index contributed by atoms with van der Waals surface area (Å²) in [6.07, 6.45) is 1.19. The van der Waals surface area contributed by atoms with Gasteiger partial charge in [0, 0.05) is 11.8 Å². The molecule has 14 heavy (non-hydrogen) atoms. The number of hydrogen-bond acceptors (Lipinski definition) is 4. The van der Waals surface area contributed by atoms with Gasteiger partial charge in [0.1, 0.15) is 11.2 Å². The van der Waals surface area contributed by atoms with Gasteiger partial charge in [-0.05, 0) is 6.07 Å². The number of aromatic nitrogens is 1. The summed E-state index contributed by atoms with van der Waals surface area (Å²) in [6.45, 7) is 0. The SMILES string of the molecule is N#Cc1cc(Cl)ncc1[C@@H](N)C(=O)O. The summed E-state index contributed by atoms with van der Waals surface area (Å²) in [4.78, 5) is 14.2. The van der Waals surface area contributed by atoms with Gasteiger partial charge in [0.2, 0.25) is 0 Å². The number of aliphatic carboxylic acids is 1. The Morgan fingerprint density at radius 1 is 1.79 bits per heavy atom. The lowest BCUT2D eigenvalue weighted by Crippen LogP contribution is -2.21. The molecular weight excluding hydrogens is 206 g/mol. The molecule has 0 amide bonds. The van der Waals surface area contributed by atoms with E-state index in [2.05, 4.69) is 4.98 Å². The minimum Gasteiger partial charge on any atom is -0.480 e. The third-order valence-corrected chi connectivity index (χ3v) is 1.83. The molecule has 0 bridgehead atoms. The van der Waals surface area contributed by atoms with Crippen LogP contribution in [0.2, 0.25) is 5.15 Å². The molecule has 1 atom stereocenters. The standard InChI is InChI=1S/C8H6ClN3O2/c9-6-1-4(2-10)5(3-12-6)7(11)8(13)14/h1,3,7H,11H2,(H,13,14)/t7-/m1/s1. The van der Waals surface area contributed by atoms with Gasteiger partial charge in [-0.3, -0.25) is 4.79 Å². The zero-order chi connectivity index (χ0) is 10.7. The van der Waals surface area contributed by atoms with Crippen molar-refractivity contribution in [3.8, 4) is 6.07 Å². The summed E-state index contributed by atoms with van der Waals surface area (Å²) < 4.78 is 0. The number of nitriles is 1. The number of carboxylic acids is 1. The zero-order valence-electron chi connectivity index (χ0n) is 6.94. The fraction of sp³-hybridized carbons (Fsp3) is 0.125. The van der Waals surface area contributed by atoms with Crippen molar-refractivity contribution in [2.24, 2.45) is 5.73 Å². The van der Waals surface area contributed by atoms with Crippen molar-refractivity contribution in [1.29, 1.82) is 5.26 Å². The number of nitrogens with zero attached hydrogens (tertiary/aromatic N) is 2. The minimum absolute atomic E-state index is 0.125. The van der Waals surface area contributed by atoms with Crippen LogP contribution in [0, 0.1) is 11.3 Å². The molecule has 1 heterocycles. The van der Waals surface area contributed by atoms with Gasteiger partial charge in [-0.1, -0.05) is 11.6 Å². The van der Waals surface area contributed by atoms with E-state index < -0.39 is 12.0 Å². The number of carbonyl (C=O) groups is 1. The third kappa shape index (κ3) is 1.99. The van der Waals surface area contributed by atoms with Gasteiger partial charge in [0.15, 0.2) is 0 Å². The fourth-order valence-corrected chi connectivity index (χ4v) is 1.08. The number of carboxylic acid groups (broad SMARTS) is 1. The van der Waals surface area contributed by atoms with Gasteiger partial charge in [0.25, 0.3) is 0 Å². The Morgan fingerprint density at radius 3 is 2.93 bits per heavy atom. The Morgan fingerprint density at radius 2 is 2.43 bits per heavy atom. The van der Waals surface area contributed by atoms with Crippen LogP contribution in [-0.2, 0) is 4.79 Å². The van der Waals surface area contributed by atoms with Crippen LogP contribution in [0.25, 0.3) is 0 Å². The molecule has 0 aliphatic heterocycles. The van der Waals surface area contributed by atoms with Gasteiger partial charge >= 0.3 is 5.97 Å². The van der Waals surface area contributed by atoms with E-state index in [-0.39, 0.29) is 16.3 Å². The van der Waals surface area contributed by atoms with E-state index in [0.29, 0.717) is 0 Å². The van der Waals surface area contributed by atoms with E-state index in [0.717, 1.165) is 0 Å². The second-order valence-electron chi connectivity index (χ2n) is 2.52. The maximum Gasteiger partial charge on any atom is 0.325 e. The van der Waals surface area contributed by atoms with Crippen molar-refractivity contribution < 1.29 is 9.90 Å². The lowest BCUT2D eigenvalue weighted by Gasteiger charge is -2.07. The summed E-state index contributed by atoms with van der Waals surface area (Å²) in [7, 11) is 0. The third-order valence-electron chi connectivity index (χ3n) is 1.62. The van der Waals surface area contributed by atoms with Gasteiger partial charge < -0.3 is 10.8 Å². The average molecular weight is 212 g/mol. The maximum atomic E-state index is 10.6. The highest BCUT2D eigenvalue weighted by molar-refractivity contribution is 6.29. The molecule has 1 rings (SSSR count). The second kappa shape index (κ2) is 4.05. The van der Waals surface area contributed by atoms with E-state index in [4.69, 9.17) is 27.7 Å². The van der Waals surface area contributed by atoms with E-state index in [9.17, 15) is 4.79 Å². The Bertz CT molecular complexity index is 414. The first-order valence-electron chi connectivity index (χ1n) is 3.60. The van der Waals surface area contributed by atoms with Crippen molar-refractivity contribution in [3.63, 3.8) is 0 Å². The number of hydrogen-bond donors (Lipinski definition) is 2. The highest BCUT2D eigenvalue weighted by atomic mass is 35.5. The van der Waals surface area contributed by atoms with E-state index in [1.54, 1.807) is 6.07 Å². The summed E-state index contributed by atoms with van der Waals surface area (Å²) in [5.41, 5.74) is 5.61. The maximum absolute atomic E-state index is 10.6. The lowest BCUT2D eigenvalue weighted by molar-refractivity contribution is -0.138. The second-order valence-corrected chi connectivity index (χ2v) is 2.91. The van der Waals surface area contributed by atoms with Gasteiger partial charge in [-0.2, -0.15) is 5.26 Å². The first-order chi connectivity index (χ1) is 6.56. The van der Waals surface area contributed by atoms with Gasteiger partial charge in [-0.25, -0.2) is 4.98 Å². The number of nitrogens with two attached hydrogens (primary N) is 1. The molecule has 72 valence electrons. The highest BCUT2D eigenvalue weighted by Gasteiger charge is 2.18. The molecule has 0 saturated heterocycles. The molecule has 0 saturated carbocycles. The Kier molecular flexibility index (Phi) is 3.02. The van der Waals surface area contributed by atoms with Crippen molar-refractivity contribution in [2.45, 2.75) is 6.04 Å². The Balaban J connectivity index is 3.22. The topological polar surface area (TPSA) is 100 Å². The van der Waals surface area contributed by atoms with Gasteiger partial charge in [0.05, 0.1) is 11.6 Å². The molecule has 0 unspecified atom stereocenters. The van der Waals surface area contributed by atoms with Crippen molar-refractivity contribution >= 4 is 17.6 Å². The van der Waals surface area contributed by atoms with Crippen LogP contribution in [0.1, 0.15) is 17.2 Å². The largest absolute Gasteiger partial charge is 0.480 e. The van der Waals surface area contributed by atoms with Crippen LogP contribution in [0.15, 0.2) is 12.3 Å². The number of rotatable bonds is 2. The minimum atomic E-state index is -1.26. The Labute approximate surface area is 84.7 Å². The number of halogens is 1. The molecule has 0 aliphatic rings. The molecule has 1 aromatic heterocycles. The fourth-order valence-electron chi connectivity index (χ4n) is 0.918. The summed E-state index contributed by atoms with van der Waals surface area (Å²) in [5.74, 6) is -1.22. The van der Waals surface area contributed by atoms with Crippen LogP contribution in [0.4, 0.5) is 0 Å². The molecule has 1 aromatic rings. The van der Waals surface area contributed by atoms with Crippen LogP contribution >= 0.6 is 11.6 Å². The van der Waals surface area contributed by atoms with Gasteiger partial charge in [-0.15, -0.1) is 0 Å². The van der Waals surface area contributed by atoms with E-state index >= 15 is 0 Å². The average Bonchev–Trinajstić information content (AvgIpc) is 2.16. The molecule has 5 nitrogen and oxygen atoms in total. The molecule has 0 aliphatic carbocycles. The quantitative estimate of drug-likeness (QED) is 0.701. The smallest absolute Gasteiger partial charge is 0.325 e. The molecule has 0 fully saturated rings. The molecular formula is C8H6ClN3O2. The van der Waals surface area contributed by atoms with Crippen LogP contribution in [-0.4, -0.2) is 16.1 Å². The lowest BCUT2D eigenvalue weighted by atomic mass is 10.1. The first-order valence-corrected chi connectivity index (χ1v) is 3.98. The van der Waals surface area contributed by atoms with Crippen LogP contribution < -0.4 is 5.73 Å². The summed E-state index contributed by atoms with van der Waals surface area (Å²) in [5, 5.41) is 17.4. The van der Waals surface area contributed by atoms with E-state index in [1.165, 1.54) is 12.3 Å². The van der Waals surface area contributed by atoms with E-state index in [1.807, 2.05) is 0 Å². The predicted octanol–water partition coefficient (Wildman–Crippen LogP) is 0.691. The summed E-state index contributed by atoms with van der Waals surface area (Å²) in [6, 6.07) is 1.83. The molecule has 0 spiro atoms. The normalized spacial score (nSPS) is 11.8. The molecule has 0 radical (unpaired) electrons. The Hall–Kier alpha value is -1.64. The molecule has 6 heteroatoms. The van der Waals surface area contributed by atoms with Crippen molar-refractivity contribution in [2.75, 3.05) is 0 Å². The zero-order valence-corrected chi connectivity index (χ0v) is 7.69. The van der Waals surface area contributed by atoms with Crippen LogP contribution in [0.3, 0.4) is 0 Å². The predicted molar refractivity (Wildman–Crippen MR) is 48.5 cm³/mol. The van der Waals surface area contributed by atoms with Crippen molar-refractivity contribution in [3.05, 3.63) is 28.5 Å². The van der Waals surface area contributed by atoms with Crippen LogP contribution in [0.5, 0.6) is 0 Å².